The fraction of sp³-hybridized carbons (Fsp3) is 0.222. The topological polar surface area (TPSA) is 30.2 Å². The summed E-state index contributed by atoms with van der Waals surface area (Å²) in [5, 5.41) is 0. The molecule has 1 heterocycles. The van der Waals surface area contributed by atoms with Gasteiger partial charge in [0, 0.05) is 0 Å². The Kier molecular flexibility index (Phi) is 2.87. The maximum Gasteiger partial charge on any atom is 0.155 e. The number of hydrogen-bond donors (Lipinski definition) is 0. The molecule has 12 heavy (non-hydrogen) atoms. The van der Waals surface area contributed by atoms with Gasteiger partial charge in [0.25, 0.3) is 0 Å². The van der Waals surface area contributed by atoms with Gasteiger partial charge in [-0.05, 0) is 47.5 Å². The van der Waals surface area contributed by atoms with Gasteiger partial charge in [-0.3, -0.25) is 4.79 Å². The SMILES string of the molecule is CC(=O)/C(C)=C/c1occc1Br. The zero-order valence-electron chi connectivity index (χ0n) is 6.93. The molecule has 0 atom stereocenters. The van der Waals surface area contributed by atoms with Gasteiger partial charge < -0.3 is 4.42 Å². The molecule has 0 bridgehead atoms. The molecule has 1 aromatic heterocycles. The Labute approximate surface area is 79.4 Å². The quantitative estimate of drug-likeness (QED) is 0.729. The molecule has 0 aliphatic heterocycles. The highest BCUT2D eigenvalue weighted by Gasteiger charge is 2.02. The van der Waals surface area contributed by atoms with Crippen LogP contribution in [0.4, 0.5) is 0 Å². The number of Topliss-reactive ketones (excluding diaryl/α,β-unsaturated/α-hetero) is 1. The molecule has 1 aromatic rings. The molecule has 2 nitrogen and oxygen atoms in total. The van der Waals surface area contributed by atoms with Crippen LogP contribution >= 0.6 is 15.9 Å². The van der Waals surface area contributed by atoms with Crippen molar-refractivity contribution in [3.63, 3.8) is 0 Å². The average molecular weight is 229 g/mol. The van der Waals surface area contributed by atoms with E-state index in [0.717, 1.165) is 4.47 Å². The van der Waals surface area contributed by atoms with Crippen molar-refractivity contribution >= 4 is 27.8 Å². The Bertz CT molecular complexity index is 323. The van der Waals surface area contributed by atoms with Gasteiger partial charge in [-0.15, -0.1) is 0 Å². The van der Waals surface area contributed by atoms with E-state index in [1.807, 2.05) is 0 Å². The summed E-state index contributed by atoms with van der Waals surface area (Å²) < 4.78 is 5.97. The van der Waals surface area contributed by atoms with E-state index in [0.29, 0.717) is 11.3 Å². The van der Waals surface area contributed by atoms with E-state index < -0.39 is 0 Å². The fourth-order valence-electron chi connectivity index (χ4n) is 0.707. The van der Waals surface area contributed by atoms with Crippen LogP contribution in [0.1, 0.15) is 19.6 Å². The monoisotopic (exact) mass is 228 g/mol. The van der Waals surface area contributed by atoms with Crippen molar-refractivity contribution in [3.05, 3.63) is 28.1 Å². The lowest BCUT2D eigenvalue weighted by atomic mass is 10.2. The summed E-state index contributed by atoms with van der Waals surface area (Å²) in [7, 11) is 0. The molecule has 0 spiro atoms. The zero-order chi connectivity index (χ0) is 9.14. The van der Waals surface area contributed by atoms with Crippen LogP contribution in [0, 0.1) is 0 Å². The first kappa shape index (κ1) is 9.26. The van der Waals surface area contributed by atoms with Crippen LogP contribution in [0.3, 0.4) is 0 Å². The number of furan rings is 1. The number of hydrogen-bond acceptors (Lipinski definition) is 2. The second kappa shape index (κ2) is 3.72. The lowest BCUT2D eigenvalue weighted by Gasteiger charge is -1.92. The van der Waals surface area contributed by atoms with E-state index in [1.165, 1.54) is 6.92 Å². The van der Waals surface area contributed by atoms with Crippen LogP contribution in [-0.2, 0) is 4.79 Å². The number of carbonyl (C=O) groups excluding carboxylic acids is 1. The minimum Gasteiger partial charge on any atom is -0.464 e. The second-order valence-electron chi connectivity index (χ2n) is 2.52. The van der Waals surface area contributed by atoms with E-state index in [4.69, 9.17) is 4.42 Å². The van der Waals surface area contributed by atoms with Gasteiger partial charge in [-0.1, -0.05) is 0 Å². The van der Waals surface area contributed by atoms with Gasteiger partial charge in [0.2, 0.25) is 0 Å². The molecule has 0 amide bonds. The lowest BCUT2D eigenvalue weighted by Crippen LogP contribution is -1.90. The maximum absolute atomic E-state index is 10.9. The van der Waals surface area contributed by atoms with Crippen LogP contribution in [0.5, 0.6) is 0 Å². The van der Waals surface area contributed by atoms with Crippen molar-refractivity contribution < 1.29 is 9.21 Å². The molecule has 0 fully saturated rings. The molecule has 0 unspecified atom stereocenters. The Balaban J connectivity index is 2.95. The number of ketones is 1. The van der Waals surface area contributed by atoms with Crippen molar-refractivity contribution in [2.24, 2.45) is 0 Å². The molecule has 64 valence electrons. The summed E-state index contributed by atoms with van der Waals surface area (Å²) >= 11 is 3.29. The Morgan fingerprint density at radius 3 is 2.67 bits per heavy atom. The lowest BCUT2D eigenvalue weighted by molar-refractivity contribution is -0.113. The Hall–Kier alpha value is -0.830. The molecular weight excluding hydrogens is 220 g/mol. The summed E-state index contributed by atoms with van der Waals surface area (Å²) in [6.45, 7) is 3.29. The van der Waals surface area contributed by atoms with E-state index in [1.54, 1.807) is 25.3 Å². The summed E-state index contributed by atoms with van der Waals surface area (Å²) in [5.41, 5.74) is 0.686. The molecule has 0 aromatic carbocycles. The van der Waals surface area contributed by atoms with Crippen LogP contribution in [-0.4, -0.2) is 5.78 Å². The standard InChI is InChI=1S/C9H9BrO2/c1-6(7(2)11)5-9-8(10)3-4-12-9/h3-5H,1-2H3/b6-5+. The van der Waals surface area contributed by atoms with Crippen LogP contribution in [0.25, 0.3) is 6.08 Å². The summed E-state index contributed by atoms with van der Waals surface area (Å²) in [6, 6.07) is 1.79. The molecule has 0 saturated heterocycles. The Morgan fingerprint density at radius 2 is 2.25 bits per heavy atom. The van der Waals surface area contributed by atoms with Gasteiger partial charge in [0.05, 0.1) is 10.7 Å². The van der Waals surface area contributed by atoms with Crippen molar-refractivity contribution in [1.82, 2.24) is 0 Å². The van der Waals surface area contributed by atoms with Crippen molar-refractivity contribution in [3.8, 4) is 0 Å². The third-order valence-corrected chi connectivity index (χ3v) is 2.20. The Morgan fingerprint density at radius 1 is 1.58 bits per heavy atom. The van der Waals surface area contributed by atoms with E-state index in [9.17, 15) is 4.79 Å². The predicted molar refractivity (Wildman–Crippen MR) is 50.7 cm³/mol. The molecule has 0 aliphatic carbocycles. The van der Waals surface area contributed by atoms with Crippen LogP contribution < -0.4 is 0 Å². The maximum atomic E-state index is 10.9. The largest absolute Gasteiger partial charge is 0.464 e. The zero-order valence-corrected chi connectivity index (χ0v) is 8.51. The smallest absolute Gasteiger partial charge is 0.155 e. The number of carbonyl (C=O) groups is 1. The first-order valence-corrected chi connectivity index (χ1v) is 4.33. The molecular formula is C9H9BrO2. The van der Waals surface area contributed by atoms with E-state index >= 15 is 0 Å². The first-order chi connectivity index (χ1) is 5.61. The summed E-state index contributed by atoms with van der Waals surface area (Å²) in [6.07, 6.45) is 3.29. The molecule has 0 radical (unpaired) electrons. The van der Waals surface area contributed by atoms with Crippen molar-refractivity contribution in [1.29, 1.82) is 0 Å². The highest BCUT2D eigenvalue weighted by molar-refractivity contribution is 9.10. The third-order valence-electron chi connectivity index (χ3n) is 1.55. The highest BCUT2D eigenvalue weighted by Crippen LogP contribution is 2.20. The first-order valence-electron chi connectivity index (χ1n) is 3.53. The van der Waals surface area contributed by atoms with E-state index in [2.05, 4.69) is 15.9 Å². The van der Waals surface area contributed by atoms with E-state index in [-0.39, 0.29) is 5.78 Å². The number of allylic oxidation sites excluding steroid dienone is 1. The average Bonchev–Trinajstić information content (AvgIpc) is 2.36. The molecule has 1 rings (SSSR count). The molecule has 0 saturated carbocycles. The molecule has 0 N–H and O–H groups in total. The number of rotatable bonds is 2. The summed E-state index contributed by atoms with van der Waals surface area (Å²) in [5.74, 6) is 0.737. The van der Waals surface area contributed by atoms with Gasteiger partial charge in [-0.2, -0.15) is 0 Å². The fourth-order valence-corrected chi connectivity index (χ4v) is 1.02. The molecule has 0 aliphatic rings. The number of halogens is 1. The minimum absolute atomic E-state index is 0.0540. The van der Waals surface area contributed by atoms with Gasteiger partial charge >= 0.3 is 0 Å². The molecule has 3 heteroatoms. The third kappa shape index (κ3) is 2.08. The van der Waals surface area contributed by atoms with Crippen molar-refractivity contribution in [2.45, 2.75) is 13.8 Å². The minimum atomic E-state index is 0.0540. The van der Waals surface area contributed by atoms with Gasteiger partial charge in [0.1, 0.15) is 5.76 Å². The second-order valence-corrected chi connectivity index (χ2v) is 3.37. The summed E-state index contributed by atoms with van der Waals surface area (Å²) in [4.78, 5) is 10.9. The van der Waals surface area contributed by atoms with Crippen LogP contribution in [0.15, 0.2) is 26.8 Å². The predicted octanol–water partition coefficient (Wildman–Crippen LogP) is 3.03. The van der Waals surface area contributed by atoms with Crippen LogP contribution in [0.2, 0.25) is 0 Å². The normalized spacial score (nSPS) is 11.8. The van der Waals surface area contributed by atoms with Gasteiger partial charge in [0.15, 0.2) is 5.78 Å². The van der Waals surface area contributed by atoms with Gasteiger partial charge in [-0.25, -0.2) is 0 Å². The van der Waals surface area contributed by atoms with Crippen molar-refractivity contribution in [2.75, 3.05) is 0 Å². The highest BCUT2D eigenvalue weighted by atomic mass is 79.9.